The maximum Gasteiger partial charge on any atom is 0.243 e. The first-order valence-electron chi connectivity index (χ1n) is 7.04. The Labute approximate surface area is 141 Å². The number of rotatable bonds is 4. The zero-order valence-electron chi connectivity index (χ0n) is 12.3. The Kier molecular flexibility index (Phi) is 3.69. The van der Waals surface area contributed by atoms with Crippen molar-refractivity contribution in [3.05, 3.63) is 34.8 Å². The Hall–Kier alpha value is -2.46. The molecular formula is C14H12N4O4S2. The molecule has 0 fully saturated rings. The van der Waals surface area contributed by atoms with Gasteiger partial charge in [-0.05, 0) is 18.2 Å². The van der Waals surface area contributed by atoms with Crippen LogP contribution in [0.5, 0.6) is 11.5 Å². The molecule has 0 spiro atoms. The van der Waals surface area contributed by atoms with Crippen LogP contribution in [0.4, 0.5) is 0 Å². The Morgan fingerprint density at radius 2 is 2.04 bits per heavy atom. The van der Waals surface area contributed by atoms with Gasteiger partial charge in [0.2, 0.25) is 15.0 Å². The van der Waals surface area contributed by atoms with Crippen molar-refractivity contribution in [1.82, 2.24) is 20.2 Å². The number of hydrogen-bond donors (Lipinski definition) is 1. The second kappa shape index (κ2) is 5.87. The zero-order valence-corrected chi connectivity index (χ0v) is 13.9. The highest BCUT2D eigenvalue weighted by atomic mass is 32.2. The lowest BCUT2D eigenvalue weighted by Crippen LogP contribution is -2.15. The predicted octanol–water partition coefficient (Wildman–Crippen LogP) is 1.67. The maximum absolute atomic E-state index is 12.4. The zero-order chi connectivity index (χ0) is 16.6. The summed E-state index contributed by atoms with van der Waals surface area (Å²) in [7, 11) is -3.63. The van der Waals surface area contributed by atoms with Crippen LogP contribution in [0.1, 0.15) is 5.69 Å². The van der Waals surface area contributed by atoms with E-state index in [4.69, 9.17) is 9.47 Å². The molecule has 2 aromatic heterocycles. The van der Waals surface area contributed by atoms with Gasteiger partial charge >= 0.3 is 0 Å². The molecule has 0 atom stereocenters. The molecule has 1 aliphatic rings. The van der Waals surface area contributed by atoms with Crippen molar-refractivity contribution in [2.75, 3.05) is 13.2 Å². The standard InChI is InChI=1S/C14H12N4O4S2/c19-24(20,7-10-6-23-8-15-10)14-16-13(17-18-14)9-1-2-11-12(5-9)22-4-3-21-11/h1-2,5-6,8H,3-4,7H2,(H,16,17,18). The third kappa shape index (κ3) is 2.85. The predicted molar refractivity (Wildman–Crippen MR) is 85.8 cm³/mol. The van der Waals surface area contributed by atoms with Crippen molar-refractivity contribution in [2.24, 2.45) is 0 Å². The van der Waals surface area contributed by atoms with Gasteiger partial charge in [0.15, 0.2) is 17.3 Å². The highest BCUT2D eigenvalue weighted by molar-refractivity contribution is 7.90. The van der Waals surface area contributed by atoms with E-state index in [0.29, 0.717) is 36.0 Å². The molecule has 0 saturated heterocycles. The quantitative estimate of drug-likeness (QED) is 0.750. The first-order chi connectivity index (χ1) is 11.6. The minimum absolute atomic E-state index is 0.180. The SMILES string of the molecule is O=S(=O)(Cc1cscn1)c1nc(-c2ccc3c(c2)OCCO3)n[nH]1. The molecule has 1 N–H and O–H groups in total. The lowest BCUT2D eigenvalue weighted by Gasteiger charge is -2.18. The highest BCUT2D eigenvalue weighted by Gasteiger charge is 2.22. The van der Waals surface area contributed by atoms with E-state index >= 15 is 0 Å². The molecule has 1 aliphatic heterocycles. The van der Waals surface area contributed by atoms with Gasteiger partial charge in [-0.15, -0.1) is 11.3 Å². The van der Waals surface area contributed by atoms with Crippen LogP contribution in [0.25, 0.3) is 11.4 Å². The summed E-state index contributed by atoms with van der Waals surface area (Å²) in [5, 5.41) is 8.00. The van der Waals surface area contributed by atoms with E-state index in [0.717, 1.165) is 0 Å². The van der Waals surface area contributed by atoms with E-state index in [1.807, 2.05) is 0 Å². The molecule has 4 rings (SSSR count). The number of sulfone groups is 1. The fourth-order valence-electron chi connectivity index (χ4n) is 2.27. The molecule has 0 amide bonds. The summed E-state index contributed by atoms with van der Waals surface area (Å²) in [5.74, 6) is 1.31. The number of H-pyrrole nitrogens is 1. The molecule has 3 aromatic rings. The highest BCUT2D eigenvalue weighted by Crippen LogP contribution is 2.33. The Bertz CT molecular complexity index is 967. The molecule has 0 unspecified atom stereocenters. The van der Waals surface area contributed by atoms with E-state index in [1.54, 1.807) is 29.1 Å². The first-order valence-corrected chi connectivity index (χ1v) is 9.63. The number of nitrogens with zero attached hydrogens (tertiary/aromatic N) is 3. The summed E-state index contributed by atoms with van der Waals surface area (Å²) in [6, 6.07) is 5.24. The summed E-state index contributed by atoms with van der Waals surface area (Å²) >= 11 is 1.34. The molecule has 10 heteroatoms. The van der Waals surface area contributed by atoms with Crippen molar-refractivity contribution in [3.8, 4) is 22.9 Å². The summed E-state index contributed by atoms with van der Waals surface area (Å²) in [4.78, 5) is 8.09. The number of thiazole rings is 1. The van der Waals surface area contributed by atoms with Crippen molar-refractivity contribution < 1.29 is 17.9 Å². The van der Waals surface area contributed by atoms with Crippen LogP contribution >= 0.6 is 11.3 Å². The van der Waals surface area contributed by atoms with Gasteiger partial charge in [-0.3, -0.25) is 0 Å². The monoisotopic (exact) mass is 364 g/mol. The number of nitrogens with one attached hydrogen (secondary N) is 1. The van der Waals surface area contributed by atoms with Crippen molar-refractivity contribution >= 4 is 21.2 Å². The lowest BCUT2D eigenvalue weighted by molar-refractivity contribution is 0.171. The molecule has 24 heavy (non-hydrogen) atoms. The van der Waals surface area contributed by atoms with Gasteiger partial charge in [0.05, 0.1) is 11.2 Å². The second-order valence-electron chi connectivity index (χ2n) is 5.06. The molecule has 3 heterocycles. The van der Waals surface area contributed by atoms with E-state index in [9.17, 15) is 8.42 Å². The van der Waals surface area contributed by atoms with E-state index in [2.05, 4.69) is 20.2 Å². The third-order valence-electron chi connectivity index (χ3n) is 3.38. The molecular weight excluding hydrogens is 352 g/mol. The lowest BCUT2D eigenvalue weighted by atomic mass is 10.2. The fourth-order valence-corrected chi connectivity index (χ4v) is 4.03. The Morgan fingerprint density at radius 1 is 1.21 bits per heavy atom. The minimum atomic E-state index is -3.63. The van der Waals surface area contributed by atoms with Crippen LogP contribution in [0.15, 0.2) is 34.2 Å². The molecule has 8 nitrogen and oxygen atoms in total. The number of benzene rings is 1. The number of hydrogen-bond acceptors (Lipinski definition) is 8. The number of ether oxygens (including phenoxy) is 2. The van der Waals surface area contributed by atoms with Crippen LogP contribution in [0.3, 0.4) is 0 Å². The molecule has 124 valence electrons. The second-order valence-corrected chi connectivity index (χ2v) is 7.69. The van der Waals surface area contributed by atoms with Gasteiger partial charge in [0, 0.05) is 10.9 Å². The summed E-state index contributed by atoms with van der Waals surface area (Å²) in [6.07, 6.45) is 0. The summed E-state index contributed by atoms with van der Waals surface area (Å²) in [5.41, 5.74) is 2.72. The van der Waals surface area contributed by atoms with Crippen molar-refractivity contribution in [1.29, 1.82) is 0 Å². The smallest absolute Gasteiger partial charge is 0.243 e. The third-order valence-corrected chi connectivity index (χ3v) is 5.46. The van der Waals surface area contributed by atoms with Crippen LogP contribution in [0, 0.1) is 0 Å². The van der Waals surface area contributed by atoms with Crippen LogP contribution < -0.4 is 9.47 Å². The topological polar surface area (TPSA) is 107 Å². The summed E-state index contributed by atoms with van der Waals surface area (Å²) in [6.45, 7) is 0.976. The van der Waals surface area contributed by atoms with E-state index < -0.39 is 9.84 Å². The number of fused-ring (bicyclic) bond motifs is 1. The maximum atomic E-state index is 12.4. The van der Waals surface area contributed by atoms with Gasteiger partial charge < -0.3 is 9.47 Å². The average molecular weight is 364 g/mol. The van der Waals surface area contributed by atoms with Crippen molar-refractivity contribution in [3.63, 3.8) is 0 Å². The number of aromatic amines is 1. The molecule has 0 radical (unpaired) electrons. The van der Waals surface area contributed by atoms with Gasteiger partial charge in [0.25, 0.3) is 0 Å². The van der Waals surface area contributed by atoms with E-state index in [1.165, 1.54) is 11.3 Å². The molecule has 1 aromatic carbocycles. The molecule has 0 bridgehead atoms. The van der Waals surface area contributed by atoms with E-state index in [-0.39, 0.29) is 16.7 Å². The van der Waals surface area contributed by atoms with Gasteiger partial charge in [-0.1, -0.05) is 0 Å². The molecule has 0 aliphatic carbocycles. The van der Waals surface area contributed by atoms with Crippen molar-refractivity contribution in [2.45, 2.75) is 10.9 Å². The summed E-state index contributed by atoms with van der Waals surface area (Å²) < 4.78 is 35.7. The average Bonchev–Trinajstić information content (AvgIpc) is 3.26. The van der Waals surface area contributed by atoms with Crippen LogP contribution in [0.2, 0.25) is 0 Å². The van der Waals surface area contributed by atoms with Gasteiger partial charge in [0.1, 0.15) is 19.0 Å². The van der Waals surface area contributed by atoms with Crippen LogP contribution in [-0.2, 0) is 15.6 Å². The fraction of sp³-hybridized carbons (Fsp3) is 0.214. The number of aromatic nitrogens is 4. The minimum Gasteiger partial charge on any atom is -0.486 e. The van der Waals surface area contributed by atoms with Gasteiger partial charge in [-0.2, -0.15) is 10.1 Å². The first kappa shape index (κ1) is 15.1. The Balaban J connectivity index is 1.63. The Morgan fingerprint density at radius 3 is 2.83 bits per heavy atom. The van der Waals surface area contributed by atoms with Crippen LogP contribution in [-0.4, -0.2) is 41.8 Å². The molecule has 0 saturated carbocycles. The largest absolute Gasteiger partial charge is 0.486 e. The van der Waals surface area contributed by atoms with Gasteiger partial charge in [-0.25, -0.2) is 18.5 Å². The normalized spacial score (nSPS) is 13.8.